The third-order valence-corrected chi connectivity index (χ3v) is 7.24. The second kappa shape index (κ2) is 13.8. The molecule has 0 bridgehead atoms. The van der Waals surface area contributed by atoms with Gasteiger partial charge in [0, 0.05) is 18.7 Å². The average Bonchev–Trinajstić information content (AvgIpc) is 3.44. The van der Waals surface area contributed by atoms with Crippen LogP contribution in [0.3, 0.4) is 0 Å². The molecule has 3 aromatic carbocycles. The van der Waals surface area contributed by atoms with Crippen LogP contribution in [-0.2, 0) is 24.4 Å². The summed E-state index contributed by atoms with van der Waals surface area (Å²) in [6.45, 7) is 4.03. The van der Waals surface area contributed by atoms with Crippen LogP contribution in [0.1, 0.15) is 39.2 Å². The van der Waals surface area contributed by atoms with Crippen molar-refractivity contribution in [3.05, 3.63) is 119 Å². The summed E-state index contributed by atoms with van der Waals surface area (Å²) in [6.07, 6.45) is 3.97. The number of thioether (sulfide) groups is 1. The molecular formula is C32H34N2O4S. The Morgan fingerprint density at radius 2 is 1.64 bits per heavy atom. The summed E-state index contributed by atoms with van der Waals surface area (Å²) in [4.78, 5) is 27.5. The number of carboxylic acids is 1. The molecule has 0 aliphatic carbocycles. The highest BCUT2D eigenvalue weighted by Gasteiger charge is 2.23. The number of carboxylic acid groups (broad SMARTS) is 1. The van der Waals surface area contributed by atoms with Crippen molar-refractivity contribution in [2.75, 3.05) is 12.0 Å². The van der Waals surface area contributed by atoms with Gasteiger partial charge in [-0.3, -0.25) is 9.69 Å². The molecule has 7 heteroatoms. The van der Waals surface area contributed by atoms with Crippen LogP contribution in [0.4, 0.5) is 0 Å². The molecule has 0 aliphatic rings. The lowest BCUT2D eigenvalue weighted by atomic mass is 9.93. The van der Waals surface area contributed by atoms with Gasteiger partial charge in [-0.1, -0.05) is 60.7 Å². The number of furan rings is 1. The predicted octanol–water partition coefficient (Wildman–Crippen LogP) is 6.39. The lowest BCUT2D eigenvalue weighted by Crippen LogP contribution is -2.41. The van der Waals surface area contributed by atoms with Crippen molar-refractivity contribution in [2.45, 2.75) is 39.0 Å². The fourth-order valence-electron chi connectivity index (χ4n) is 4.61. The Morgan fingerprint density at radius 1 is 0.897 bits per heavy atom. The van der Waals surface area contributed by atoms with Crippen LogP contribution in [0.2, 0.25) is 0 Å². The van der Waals surface area contributed by atoms with Crippen LogP contribution in [0.5, 0.6) is 0 Å². The highest BCUT2D eigenvalue weighted by atomic mass is 32.2. The topological polar surface area (TPSA) is 82.8 Å². The number of nitrogens with zero attached hydrogens (tertiary/aromatic N) is 1. The molecule has 39 heavy (non-hydrogen) atoms. The average molecular weight is 543 g/mol. The van der Waals surface area contributed by atoms with Crippen molar-refractivity contribution in [3.8, 4) is 11.1 Å². The van der Waals surface area contributed by atoms with Crippen molar-refractivity contribution < 1.29 is 19.1 Å². The number of nitrogens with one attached hydrogen (secondary N) is 1. The number of hydrogen-bond acceptors (Lipinski definition) is 5. The van der Waals surface area contributed by atoms with Crippen LogP contribution in [0.15, 0.2) is 95.6 Å². The smallest absolute Gasteiger partial charge is 0.326 e. The maximum atomic E-state index is 13.4. The Labute approximate surface area is 234 Å². The van der Waals surface area contributed by atoms with Gasteiger partial charge >= 0.3 is 5.97 Å². The zero-order valence-corrected chi connectivity index (χ0v) is 23.1. The van der Waals surface area contributed by atoms with Gasteiger partial charge in [-0.05, 0) is 77.4 Å². The summed E-state index contributed by atoms with van der Waals surface area (Å²) >= 11 is 1.56. The van der Waals surface area contributed by atoms with Gasteiger partial charge in [0.1, 0.15) is 11.8 Å². The van der Waals surface area contributed by atoms with E-state index >= 15 is 0 Å². The van der Waals surface area contributed by atoms with Crippen molar-refractivity contribution in [1.82, 2.24) is 10.2 Å². The minimum absolute atomic E-state index is 0.362. The highest BCUT2D eigenvalue weighted by molar-refractivity contribution is 7.98. The highest BCUT2D eigenvalue weighted by Crippen LogP contribution is 2.29. The molecule has 202 valence electrons. The molecule has 1 amide bonds. The van der Waals surface area contributed by atoms with Crippen LogP contribution in [-0.4, -0.2) is 39.9 Å². The molecule has 0 radical (unpaired) electrons. The maximum absolute atomic E-state index is 13.4. The van der Waals surface area contributed by atoms with E-state index in [0.717, 1.165) is 34.6 Å². The molecule has 0 saturated carbocycles. The van der Waals surface area contributed by atoms with E-state index in [2.05, 4.69) is 28.4 Å². The van der Waals surface area contributed by atoms with Gasteiger partial charge in [0.25, 0.3) is 5.91 Å². The summed E-state index contributed by atoms with van der Waals surface area (Å²) in [5, 5.41) is 12.4. The number of carbonyl (C=O) groups is 2. The molecule has 4 rings (SSSR count). The number of aliphatic carboxylic acids is 1. The monoisotopic (exact) mass is 542 g/mol. The first-order valence-electron chi connectivity index (χ1n) is 12.9. The molecule has 4 aromatic rings. The molecule has 0 fully saturated rings. The molecule has 0 spiro atoms. The van der Waals surface area contributed by atoms with Gasteiger partial charge in [0.2, 0.25) is 0 Å². The fourth-order valence-corrected chi connectivity index (χ4v) is 5.08. The lowest BCUT2D eigenvalue weighted by Gasteiger charge is -2.23. The van der Waals surface area contributed by atoms with Crippen molar-refractivity contribution in [2.24, 2.45) is 0 Å². The van der Waals surface area contributed by atoms with Gasteiger partial charge in [0.05, 0.1) is 12.8 Å². The van der Waals surface area contributed by atoms with Gasteiger partial charge in [-0.2, -0.15) is 11.8 Å². The molecule has 1 aromatic heterocycles. The number of benzene rings is 3. The Bertz CT molecular complexity index is 1370. The third kappa shape index (κ3) is 7.85. The first kappa shape index (κ1) is 28.2. The molecular weight excluding hydrogens is 508 g/mol. The van der Waals surface area contributed by atoms with Crippen LogP contribution in [0.25, 0.3) is 11.1 Å². The summed E-state index contributed by atoms with van der Waals surface area (Å²) in [6, 6.07) is 27.0. The second-order valence-corrected chi connectivity index (χ2v) is 10.5. The quantitative estimate of drug-likeness (QED) is 0.204. The normalized spacial score (nSPS) is 11.9. The summed E-state index contributed by atoms with van der Waals surface area (Å²) < 4.78 is 5.64. The molecule has 6 nitrogen and oxygen atoms in total. The lowest BCUT2D eigenvalue weighted by molar-refractivity contribution is -0.139. The van der Waals surface area contributed by atoms with Gasteiger partial charge in [-0.25, -0.2) is 4.79 Å². The van der Waals surface area contributed by atoms with E-state index in [9.17, 15) is 14.7 Å². The van der Waals surface area contributed by atoms with E-state index in [-0.39, 0.29) is 5.91 Å². The zero-order chi connectivity index (χ0) is 27.6. The largest absolute Gasteiger partial charge is 0.480 e. The predicted molar refractivity (Wildman–Crippen MR) is 157 cm³/mol. The van der Waals surface area contributed by atoms with E-state index in [0.29, 0.717) is 30.8 Å². The molecule has 2 N–H and O–H groups in total. The second-order valence-electron chi connectivity index (χ2n) is 9.55. The van der Waals surface area contributed by atoms with Gasteiger partial charge < -0.3 is 14.8 Å². The zero-order valence-electron chi connectivity index (χ0n) is 22.3. The van der Waals surface area contributed by atoms with Crippen LogP contribution < -0.4 is 5.32 Å². The number of amides is 1. The Kier molecular flexibility index (Phi) is 10.00. The van der Waals surface area contributed by atoms with E-state index < -0.39 is 12.0 Å². The molecule has 1 heterocycles. The van der Waals surface area contributed by atoms with E-state index in [1.165, 1.54) is 5.56 Å². The molecule has 0 aliphatic heterocycles. The molecule has 0 unspecified atom stereocenters. The number of aryl methyl sites for hydroxylation is 1. The minimum atomic E-state index is -1.03. The van der Waals surface area contributed by atoms with Crippen molar-refractivity contribution >= 4 is 23.6 Å². The first-order chi connectivity index (χ1) is 18.9. The maximum Gasteiger partial charge on any atom is 0.326 e. The minimum Gasteiger partial charge on any atom is -0.480 e. The van der Waals surface area contributed by atoms with Crippen LogP contribution in [0, 0.1) is 6.92 Å². The number of rotatable bonds is 13. The van der Waals surface area contributed by atoms with Crippen molar-refractivity contribution in [3.63, 3.8) is 0 Å². The summed E-state index contributed by atoms with van der Waals surface area (Å²) in [5.41, 5.74) is 5.48. The number of carbonyl (C=O) groups excluding carboxylic acids is 1. The summed E-state index contributed by atoms with van der Waals surface area (Å²) in [7, 11) is 0. The standard InChI is InChI=1S/C32H34N2O4S/c1-23-9-6-7-13-27(23)29-19-25(14-15-28(29)31(35)33-30(32(36)37)16-18-39-2)21-34(22-26-12-8-17-38-26)20-24-10-4-3-5-11-24/h3-15,17,19,30H,16,18,20-22H2,1-2H3,(H,33,35)(H,36,37)/t30-/m0/s1. The van der Waals surface area contributed by atoms with E-state index in [4.69, 9.17) is 4.42 Å². The molecule has 1 atom stereocenters. The Morgan fingerprint density at radius 3 is 2.33 bits per heavy atom. The Hall–Kier alpha value is -3.81. The number of hydrogen-bond donors (Lipinski definition) is 2. The fraction of sp³-hybridized carbons (Fsp3) is 0.250. The van der Waals surface area contributed by atoms with Gasteiger partial charge in [0.15, 0.2) is 0 Å². The third-order valence-electron chi connectivity index (χ3n) is 6.59. The van der Waals surface area contributed by atoms with Crippen LogP contribution >= 0.6 is 11.8 Å². The molecule has 0 saturated heterocycles. The Balaban J connectivity index is 1.66. The summed E-state index contributed by atoms with van der Waals surface area (Å²) in [5.74, 6) is 0.116. The van der Waals surface area contributed by atoms with E-state index in [1.807, 2.05) is 79.9 Å². The van der Waals surface area contributed by atoms with Gasteiger partial charge in [-0.15, -0.1) is 0 Å². The van der Waals surface area contributed by atoms with E-state index in [1.54, 1.807) is 18.0 Å². The SMILES string of the molecule is CSCC[C@H](NC(=O)c1ccc(CN(Cc2ccccc2)Cc2ccco2)cc1-c1ccccc1C)C(=O)O. The van der Waals surface area contributed by atoms with Crippen molar-refractivity contribution in [1.29, 1.82) is 0 Å². The first-order valence-corrected chi connectivity index (χ1v) is 14.3.